The lowest BCUT2D eigenvalue weighted by atomic mass is 9.84. The predicted molar refractivity (Wildman–Crippen MR) is 68.4 cm³/mol. The Hall–Kier alpha value is -1.63. The quantitative estimate of drug-likeness (QED) is 0.518. The first-order valence-corrected chi connectivity index (χ1v) is 6.02. The first-order chi connectivity index (χ1) is 8.56. The molecular weight excluding hydrogens is 252 g/mol. The summed E-state index contributed by atoms with van der Waals surface area (Å²) >= 11 is 0. The smallest absolute Gasteiger partial charge is 0.326 e. The number of hydrogen-bond donors (Lipinski definition) is 4. The van der Waals surface area contributed by atoms with Crippen LogP contribution in [-0.2, 0) is 14.4 Å². The Morgan fingerprint density at radius 1 is 1.21 bits per heavy atom. The molecule has 2 unspecified atom stereocenters. The average Bonchev–Trinajstić information content (AvgIpc) is 2.22. The van der Waals surface area contributed by atoms with E-state index in [1.165, 1.54) is 0 Å². The third-order valence-corrected chi connectivity index (χ3v) is 2.51. The summed E-state index contributed by atoms with van der Waals surface area (Å²) in [4.78, 5) is 33.3. The van der Waals surface area contributed by atoms with Crippen LogP contribution in [0.1, 0.15) is 33.6 Å². The van der Waals surface area contributed by atoms with Crippen LogP contribution < -0.4 is 11.1 Å². The van der Waals surface area contributed by atoms with Gasteiger partial charge in [-0.25, -0.2) is 4.79 Å². The third kappa shape index (κ3) is 7.40. The Morgan fingerprint density at radius 2 is 1.74 bits per heavy atom. The monoisotopic (exact) mass is 274 g/mol. The fraction of sp³-hybridized carbons (Fsp3) is 0.750. The fourth-order valence-corrected chi connectivity index (χ4v) is 1.69. The number of amides is 1. The topological polar surface area (TPSA) is 130 Å². The van der Waals surface area contributed by atoms with Gasteiger partial charge in [0, 0.05) is 6.54 Å². The van der Waals surface area contributed by atoms with Crippen molar-refractivity contribution >= 4 is 17.8 Å². The molecule has 19 heavy (non-hydrogen) atoms. The number of carbonyl (C=O) groups excluding carboxylic acids is 1. The van der Waals surface area contributed by atoms with Crippen LogP contribution in [0.2, 0.25) is 0 Å². The van der Waals surface area contributed by atoms with E-state index < -0.39 is 36.2 Å². The first-order valence-electron chi connectivity index (χ1n) is 6.02. The molecule has 110 valence electrons. The molecule has 0 bridgehead atoms. The van der Waals surface area contributed by atoms with Crippen molar-refractivity contribution in [3.05, 3.63) is 0 Å². The Kier molecular flexibility index (Phi) is 6.47. The highest BCUT2D eigenvalue weighted by Crippen LogP contribution is 2.24. The maximum Gasteiger partial charge on any atom is 0.326 e. The van der Waals surface area contributed by atoms with Gasteiger partial charge < -0.3 is 21.3 Å². The van der Waals surface area contributed by atoms with Crippen molar-refractivity contribution in [2.24, 2.45) is 17.1 Å². The van der Waals surface area contributed by atoms with Crippen LogP contribution in [0, 0.1) is 11.3 Å². The Bertz CT molecular complexity index is 349. The molecule has 1 amide bonds. The van der Waals surface area contributed by atoms with Crippen LogP contribution in [-0.4, -0.2) is 40.6 Å². The van der Waals surface area contributed by atoms with Gasteiger partial charge in [-0.2, -0.15) is 0 Å². The van der Waals surface area contributed by atoms with Crippen LogP contribution in [0.5, 0.6) is 0 Å². The lowest BCUT2D eigenvalue weighted by molar-refractivity contribution is -0.147. The number of hydrogen-bond acceptors (Lipinski definition) is 4. The SMILES string of the molecule is CC(C)(C)CC(CN)C(=O)NC(CC(=O)O)C(=O)O. The van der Waals surface area contributed by atoms with E-state index in [1.807, 2.05) is 20.8 Å². The maximum absolute atomic E-state index is 11.9. The van der Waals surface area contributed by atoms with Crippen LogP contribution in [0.3, 0.4) is 0 Å². The van der Waals surface area contributed by atoms with Gasteiger partial charge in [0.25, 0.3) is 0 Å². The van der Waals surface area contributed by atoms with Crippen molar-refractivity contribution in [1.82, 2.24) is 5.32 Å². The summed E-state index contributed by atoms with van der Waals surface area (Å²) < 4.78 is 0. The molecule has 0 saturated carbocycles. The molecule has 0 heterocycles. The molecule has 0 spiro atoms. The molecule has 7 heteroatoms. The first kappa shape index (κ1) is 17.4. The molecule has 0 aliphatic heterocycles. The molecule has 0 radical (unpaired) electrons. The van der Waals surface area contributed by atoms with Gasteiger partial charge in [0.1, 0.15) is 6.04 Å². The van der Waals surface area contributed by atoms with E-state index in [2.05, 4.69) is 5.32 Å². The van der Waals surface area contributed by atoms with Gasteiger partial charge in [-0.15, -0.1) is 0 Å². The lowest BCUT2D eigenvalue weighted by Gasteiger charge is -2.25. The summed E-state index contributed by atoms with van der Waals surface area (Å²) in [6.07, 6.45) is -0.164. The zero-order chi connectivity index (χ0) is 15.2. The second kappa shape index (κ2) is 7.08. The van der Waals surface area contributed by atoms with E-state index >= 15 is 0 Å². The van der Waals surface area contributed by atoms with Gasteiger partial charge in [-0.3, -0.25) is 9.59 Å². The summed E-state index contributed by atoms with van der Waals surface area (Å²) in [5, 5.41) is 19.7. The van der Waals surface area contributed by atoms with Gasteiger partial charge >= 0.3 is 11.9 Å². The van der Waals surface area contributed by atoms with E-state index in [-0.39, 0.29) is 12.0 Å². The van der Waals surface area contributed by atoms with Crippen molar-refractivity contribution in [3.8, 4) is 0 Å². The summed E-state index contributed by atoms with van der Waals surface area (Å²) in [7, 11) is 0. The normalized spacial score (nSPS) is 14.5. The molecule has 0 aromatic rings. The number of rotatable bonds is 7. The van der Waals surface area contributed by atoms with E-state index in [0.717, 1.165) is 0 Å². The zero-order valence-electron chi connectivity index (χ0n) is 11.5. The zero-order valence-corrected chi connectivity index (χ0v) is 11.5. The second-order valence-electron chi connectivity index (χ2n) is 5.69. The molecule has 2 atom stereocenters. The van der Waals surface area contributed by atoms with Crippen molar-refractivity contribution in [3.63, 3.8) is 0 Å². The highest BCUT2D eigenvalue weighted by Gasteiger charge is 2.28. The summed E-state index contributed by atoms with van der Waals surface area (Å²) in [6, 6.07) is -1.43. The molecule has 0 aromatic carbocycles. The van der Waals surface area contributed by atoms with Gasteiger partial charge in [0.2, 0.25) is 5.91 Å². The molecule has 0 fully saturated rings. The molecule has 0 aromatic heterocycles. The fourth-order valence-electron chi connectivity index (χ4n) is 1.69. The highest BCUT2D eigenvalue weighted by molar-refractivity contribution is 5.87. The minimum atomic E-state index is -1.43. The van der Waals surface area contributed by atoms with Crippen molar-refractivity contribution in [2.75, 3.05) is 6.54 Å². The van der Waals surface area contributed by atoms with Gasteiger partial charge in [-0.1, -0.05) is 20.8 Å². The summed E-state index contributed by atoms with van der Waals surface area (Å²) in [5.74, 6) is -3.71. The molecule has 0 aliphatic rings. The molecule has 0 saturated heterocycles. The minimum absolute atomic E-state index is 0.0858. The van der Waals surface area contributed by atoms with Gasteiger partial charge in [0.15, 0.2) is 0 Å². The largest absolute Gasteiger partial charge is 0.481 e. The third-order valence-electron chi connectivity index (χ3n) is 2.51. The molecule has 0 rings (SSSR count). The standard InChI is InChI=1S/C12H22N2O5/c1-12(2,3)5-7(6-13)10(17)14-8(11(18)19)4-9(15)16/h7-8H,4-6,13H2,1-3H3,(H,14,17)(H,15,16)(H,18,19). The summed E-state index contributed by atoms with van der Waals surface area (Å²) in [5.41, 5.74) is 5.38. The molecule has 7 nitrogen and oxygen atoms in total. The van der Waals surface area contributed by atoms with Gasteiger partial charge in [0.05, 0.1) is 12.3 Å². The number of nitrogens with two attached hydrogens (primary N) is 1. The van der Waals surface area contributed by atoms with Gasteiger partial charge in [-0.05, 0) is 11.8 Å². The van der Waals surface area contributed by atoms with E-state index in [4.69, 9.17) is 15.9 Å². The Labute approximate surface area is 112 Å². The van der Waals surface area contributed by atoms with E-state index in [1.54, 1.807) is 0 Å². The Morgan fingerprint density at radius 3 is 2.05 bits per heavy atom. The molecule has 5 N–H and O–H groups in total. The highest BCUT2D eigenvalue weighted by atomic mass is 16.4. The number of carboxylic acids is 2. The van der Waals surface area contributed by atoms with Crippen molar-refractivity contribution < 1.29 is 24.6 Å². The Balaban J connectivity index is 4.68. The second-order valence-corrected chi connectivity index (χ2v) is 5.69. The van der Waals surface area contributed by atoms with E-state index in [0.29, 0.717) is 6.42 Å². The van der Waals surface area contributed by atoms with Crippen LogP contribution >= 0.6 is 0 Å². The average molecular weight is 274 g/mol. The maximum atomic E-state index is 11.9. The summed E-state index contributed by atoms with van der Waals surface area (Å²) in [6.45, 7) is 5.90. The van der Waals surface area contributed by atoms with Crippen molar-refractivity contribution in [1.29, 1.82) is 0 Å². The van der Waals surface area contributed by atoms with Crippen molar-refractivity contribution in [2.45, 2.75) is 39.7 Å². The lowest BCUT2D eigenvalue weighted by Crippen LogP contribution is -2.46. The van der Waals surface area contributed by atoms with Crippen LogP contribution in [0.25, 0.3) is 0 Å². The minimum Gasteiger partial charge on any atom is -0.481 e. The number of carbonyl (C=O) groups is 3. The molecular formula is C12H22N2O5. The van der Waals surface area contributed by atoms with E-state index in [9.17, 15) is 14.4 Å². The predicted octanol–water partition coefficient (Wildman–Crippen LogP) is 0.0416. The van der Waals surface area contributed by atoms with Crippen LogP contribution in [0.4, 0.5) is 0 Å². The number of carboxylic acid groups (broad SMARTS) is 2. The number of aliphatic carboxylic acids is 2. The van der Waals surface area contributed by atoms with Crippen LogP contribution in [0.15, 0.2) is 0 Å². The molecule has 0 aliphatic carbocycles. The number of nitrogens with one attached hydrogen (secondary N) is 1.